The van der Waals surface area contributed by atoms with Gasteiger partial charge in [0.05, 0.1) is 17.3 Å². The van der Waals surface area contributed by atoms with Crippen LogP contribution >= 0.6 is 0 Å². The molecule has 0 atom stereocenters. The van der Waals surface area contributed by atoms with Gasteiger partial charge in [0, 0.05) is 36.3 Å². The molecule has 0 saturated carbocycles. The van der Waals surface area contributed by atoms with Crippen LogP contribution in [0.15, 0.2) is 48.8 Å². The summed E-state index contributed by atoms with van der Waals surface area (Å²) in [5.41, 5.74) is 2.81. The quantitative estimate of drug-likeness (QED) is 0.535. The molecule has 0 bridgehead atoms. The van der Waals surface area contributed by atoms with Gasteiger partial charge < -0.3 is 10.0 Å². The maximum Gasteiger partial charge on any atom is 0.338 e. The lowest BCUT2D eigenvalue weighted by Gasteiger charge is -2.20. The summed E-state index contributed by atoms with van der Waals surface area (Å²) in [5.74, 6) is -0.532. The predicted molar refractivity (Wildman–Crippen MR) is 115 cm³/mol. The highest BCUT2D eigenvalue weighted by Crippen LogP contribution is 2.34. The van der Waals surface area contributed by atoms with Gasteiger partial charge >= 0.3 is 5.97 Å². The first-order valence-corrected chi connectivity index (χ1v) is 10.1. The number of halogens is 1. The van der Waals surface area contributed by atoms with Crippen molar-refractivity contribution in [3.63, 3.8) is 0 Å². The third-order valence-electron chi connectivity index (χ3n) is 5.63. The fourth-order valence-corrected chi connectivity index (χ4v) is 4.02. The van der Waals surface area contributed by atoms with Crippen molar-refractivity contribution < 1.29 is 14.3 Å². The first-order valence-electron chi connectivity index (χ1n) is 10.1. The summed E-state index contributed by atoms with van der Waals surface area (Å²) < 4.78 is 16.5. The Balaban J connectivity index is 1.73. The highest BCUT2D eigenvalue weighted by atomic mass is 19.1. The standard InChI is InChI=1S/C23H20FN5O2/c1-14-6-2-3-7-16(14)17-10-18-20(11-19(17)24)26-23(27-21(18)28-8-4-5-9-28)29-13-15(12-25-29)22(30)31/h2-3,6-7,10-13H,4-5,8-9H2,1H3,(H,30,31). The molecule has 2 aromatic carbocycles. The summed E-state index contributed by atoms with van der Waals surface area (Å²) in [6, 6.07) is 10.9. The molecular weight excluding hydrogens is 397 g/mol. The van der Waals surface area contributed by atoms with Crippen LogP contribution < -0.4 is 4.90 Å². The lowest BCUT2D eigenvalue weighted by molar-refractivity contribution is 0.0697. The number of aromatic carboxylic acids is 1. The van der Waals surface area contributed by atoms with Gasteiger partial charge in [-0.15, -0.1) is 0 Å². The number of aryl methyl sites for hydroxylation is 1. The Bertz CT molecular complexity index is 1310. The molecule has 0 spiro atoms. The Morgan fingerprint density at radius 3 is 2.58 bits per heavy atom. The predicted octanol–water partition coefficient (Wildman–Crippen LogP) is 4.23. The topological polar surface area (TPSA) is 84.1 Å². The number of carboxylic acids is 1. The summed E-state index contributed by atoms with van der Waals surface area (Å²) in [4.78, 5) is 22.6. The molecule has 8 heteroatoms. The van der Waals surface area contributed by atoms with E-state index in [0.717, 1.165) is 42.4 Å². The molecule has 1 N–H and O–H groups in total. The first-order chi connectivity index (χ1) is 15.0. The smallest absolute Gasteiger partial charge is 0.338 e. The fourth-order valence-electron chi connectivity index (χ4n) is 4.02. The molecule has 156 valence electrons. The molecule has 0 unspecified atom stereocenters. The summed E-state index contributed by atoms with van der Waals surface area (Å²) in [7, 11) is 0. The lowest BCUT2D eigenvalue weighted by Crippen LogP contribution is -2.20. The van der Waals surface area contributed by atoms with Crippen LogP contribution in [-0.2, 0) is 0 Å². The molecule has 0 radical (unpaired) electrons. The number of carbonyl (C=O) groups is 1. The van der Waals surface area contributed by atoms with Crippen LogP contribution in [0.5, 0.6) is 0 Å². The number of carboxylic acid groups (broad SMARTS) is 1. The van der Waals surface area contributed by atoms with Gasteiger partial charge in [-0.1, -0.05) is 24.3 Å². The maximum atomic E-state index is 15.2. The highest BCUT2D eigenvalue weighted by Gasteiger charge is 2.21. The van der Waals surface area contributed by atoms with Crippen molar-refractivity contribution in [3.8, 4) is 17.1 Å². The maximum absolute atomic E-state index is 15.2. The third-order valence-corrected chi connectivity index (χ3v) is 5.63. The second-order valence-electron chi connectivity index (χ2n) is 7.68. The van der Waals surface area contributed by atoms with Crippen LogP contribution in [0.2, 0.25) is 0 Å². The van der Waals surface area contributed by atoms with E-state index < -0.39 is 5.97 Å². The second kappa shape index (κ2) is 7.46. The largest absolute Gasteiger partial charge is 0.478 e. The molecule has 1 saturated heterocycles. The van der Waals surface area contributed by atoms with Crippen molar-refractivity contribution >= 4 is 22.7 Å². The van der Waals surface area contributed by atoms with E-state index >= 15 is 4.39 Å². The summed E-state index contributed by atoms with van der Waals surface area (Å²) in [5, 5.41) is 14.0. The van der Waals surface area contributed by atoms with Crippen molar-refractivity contribution in [2.24, 2.45) is 0 Å². The lowest BCUT2D eigenvalue weighted by atomic mass is 9.98. The van der Waals surface area contributed by atoms with E-state index in [-0.39, 0.29) is 17.3 Å². The van der Waals surface area contributed by atoms with Crippen LogP contribution in [0.4, 0.5) is 10.2 Å². The summed E-state index contributed by atoms with van der Waals surface area (Å²) in [6.45, 7) is 3.65. The van der Waals surface area contributed by atoms with Gasteiger partial charge in [0.2, 0.25) is 0 Å². The third kappa shape index (κ3) is 3.39. The Hall–Kier alpha value is -3.81. The monoisotopic (exact) mass is 417 g/mol. The van der Waals surface area contributed by atoms with Crippen molar-refractivity contribution in [1.82, 2.24) is 19.7 Å². The van der Waals surface area contributed by atoms with Gasteiger partial charge in [-0.2, -0.15) is 10.1 Å². The minimum Gasteiger partial charge on any atom is -0.478 e. The van der Waals surface area contributed by atoms with Gasteiger partial charge in [0.25, 0.3) is 5.95 Å². The van der Waals surface area contributed by atoms with Gasteiger partial charge in [0.1, 0.15) is 11.6 Å². The molecule has 3 heterocycles. The molecule has 4 aromatic rings. The number of nitrogens with zero attached hydrogens (tertiary/aromatic N) is 5. The number of hydrogen-bond donors (Lipinski definition) is 1. The van der Waals surface area contributed by atoms with Crippen LogP contribution in [0, 0.1) is 12.7 Å². The molecule has 1 aliphatic heterocycles. The zero-order valence-corrected chi connectivity index (χ0v) is 16.9. The van der Waals surface area contributed by atoms with Crippen molar-refractivity contribution in [3.05, 3.63) is 65.7 Å². The van der Waals surface area contributed by atoms with Gasteiger partial charge in [0.15, 0.2) is 0 Å². The van der Waals surface area contributed by atoms with E-state index in [2.05, 4.69) is 15.0 Å². The van der Waals surface area contributed by atoms with Gasteiger partial charge in [-0.05, 0) is 37.0 Å². The molecule has 1 aliphatic rings. The molecule has 7 nitrogen and oxygen atoms in total. The molecule has 0 amide bonds. The SMILES string of the molecule is Cc1ccccc1-c1cc2c(N3CCCC3)nc(-n3cc(C(=O)O)cn3)nc2cc1F. The second-order valence-corrected chi connectivity index (χ2v) is 7.68. The van der Waals surface area contributed by atoms with Crippen molar-refractivity contribution in [2.45, 2.75) is 19.8 Å². The fraction of sp³-hybridized carbons (Fsp3) is 0.217. The Morgan fingerprint density at radius 2 is 1.87 bits per heavy atom. The van der Waals surface area contributed by atoms with E-state index in [1.165, 1.54) is 23.1 Å². The van der Waals surface area contributed by atoms with Crippen LogP contribution in [0.3, 0.4) is 0 Å². The first kappa shape index (κ1) is 19.2. The van der Waals surface area contributed by atoms with Crippen LogP contribution in [0.1, 0.15) is 28.8 Å². The van der Waals surface area contributed by atoms with E-state index in [1.807, 2.05) is 37.3 Å². The van der Waals surface area contributed by atoms with E-state index in [1.54, 1.807) is 0 Å². The minimum absolute atomic E-state index is 0.0347. The van der Waals surface area contributed by atoms with E-state index in [0.29, 0.717) is 16.9 Å². The number of rotatable bonds is 4. The average Bonchev–Trinajstić information content (AvgIpc) is 3.45. The van der Waals surface area contributed by atoms with E-state index in [4.69, 9.17) is 4.98 Å². The van der Waals surface area contributed by atoms with Crippen LogP contribution in [0.25, 0.3) is 28.0 Å². The molecule has 0 aliphatic carbocycles. The summed E-state index contributed by atoms with van der Waals surface area (Å²) in [6.07, 6.45) is 4.71. The Morgan fingerprint density at radius 1 is 1.10 bits per heavy atom. The van der Waals surface area contributed by atoms with Crippen LogP contribution in [-0.4, -0.2) is 43.9 Å². The molecule has 2 aromatic heterocycles. The highest BCUT2D eigenvalue weighted by molar-refractivity contribution is 5.94. The zero-order valence-electron chi connectivity index (χ0n) is 16.9. The minimum atomic E-state index is -1.08. The number of benzene rings is 2. The Kier molecular flexibility index (Phi) is 4.62. The Labute approximate surface area is 177 Å². The number of aromatic nitrogens is 4. The molecule has 5 rings (SSSR count). The van der Waals surface area contributed by atoms with Crippen molar-refractivity contribution in [1.29, 1.82) is 0 Å². The van der Waals surface area contributed by atoms with Crippen molar-refractivity contribution in [2.75, 3.05) is 18.0 Å². The molecule has 1 fully saturated rings. The normalized spacial score (nSPS) is 13.8. The number of hydrogen-bond acceptors (Lipinski definition) is 5. The van der Waals surface area contributed by atoms with Gasteiger partial charge in [-0.3, -0.25) is 0 Å². The van der Waals surface area contributed by atoms with Gasteiger partial charge in [-0.25, -0.2) is 18.9 Å². The molecule has 31 heavy (non-hydrogen) atoms. The number of anilines is 1. The van der Waals surface area contributed by atoms with E-state index in [9.17, 15) is 9.90 Å². The average molecular weight is 417 g/mol. The zero-order chi connectivity index (χ0) is 21.5. The molecular formula is C23H20FN5O2. The number of fused-ring (bicyclic) bond motifs is 1. The summed E-state index contributed by atoms with van der Waals surface area (Å²) >= 11 is 0.